The molecule has 1 aliphatic rings. The summed E-state index contributed by atoms with van der Waals surface area (Å²) in [6, 6.07) is 14.9. The minimum absolute atomic E-state index is 0.213. The number of aryl methyl sites for hydroxylation is 2. The van der Waals surface area contributed by atoms with Crippen LogP contribution in [0.1, 0.15) is 42.0 Å². The van der Waals surface area contributed by atoms with Gasteiger partial charge in [-0.2, -0.15) is 0 Å². The van der Waals surface area contributed by atoms with Gasteiger partial charge in [-0.25, -0.2) is 0 Å². The Balaban J connectivity index is 1.79. The molecule has 0 heterocycles. The van der Waals surface area contributed by atoms with Gasteiger partial charge in [0.15, 0.2) is 0 Å². The molecule has 3 rings (SSSR count). The number of allylic oxidation sites excluding steroid dienone is 2. The van der Waals surface area contributed by atoms with Gasteiger partial charge in [-0.05, 0) is 62.1 Å². The lowest BCUT2D eigenvalue weighted by Gasteiger charge is -2.12. The van der Waals surface area contributed by atoms with Crippen molar-refractivity contribution >= 4 is 22.9 Å². The van der Waals surface area contributed by atoms with Crippen LogP contribution in [0.25, 0.3) is 5.57 Å². The zero-order valence-electron chi connectivity index (χ0n) is 15.5. The lowest BCUT2D eigenvalue weighted by atomic mass is 10.0. The number of anilines is 1. The molecule has 1 nitrogen and oxygen atoms in total. The maximum absolute atomic E-state index is 6.83. The highest BCUT2D eigenvalue weighted by molar-refractivity contribution is 6.27. The topological polar surface area (TPSA) is 12.0 Å². The average molecular weight is 352 g/mol. The van der Waals surface area contributed by atoms with Crippen LogP contribution in [0.5, 0.6) is 0 Å². The van der Waals surface area contributed by atoms with Gasteiger partial charge in [-0.15, -0.1) is 11.6 Å². The van der Waals surface area contributed by atoms with Crippen molar-refractivity contribution in [2.45, 2.75) is 38.5 Å². The summed E-state index contributed by atoms with van der Waals surface area (Å²) in [5.41, 5.74) is 8.10. The molecular weight excluding hydrogens is 326 g/mol. The normalized spacial score (nSPS) is 24.7. The Morgan fingerprint density at radius 1 is 1.08 bits per heavy atom. The van der Waals surface area contributed by atoms with E-state index in [2.05, 4.69) is 75.6 Å². The molecule has 2 aromatic rings. The van der Waals surface area contributed by atoms with E-state index in [4.69, 9.17) is 11.6 Å². The van der Waals surface area contributed by atoms with E-state index in [1.165, 1.54) is 16.7 Å². The maximum atomic E-state index is 6.83. The molecule has 1 fully saturated rings. The monoisotopic (exact) mass is 351 g/mol. The lowest BCUT2D eigenvalue weighted by molar-refractivity contribution is 0.898. The van der Waals surface area contributed by atoms with Crippen molar-refractivity contribution < 1.29 is 0 Å². The van der Waals surface area contributed by atoms with Crippen LogP contribution in [0.2, 0.25) is 0 Å². The summed E-state index contributed by atoms with van der Waals surface area (Å²) >= 11 is 6.83. The quantitative estimate of drug-likeness (QED) is 0.593. The molecule has 0 aliphatic heterocycles. The Kier molecular flexibility index (Phi) is 4.55. The van der Waals surface area contributed by atoms with E-state index in [0.717, 1.165) is 22.5 Å². The second-order valence-corrected chi connectivity index (χ2v) is 8.28. The van der Waals surface area contributed by atoms with Gasteiger partial charge in [0, 0.05) is 23.2 Å². The Morgan fingerprint density at radius 3 is 2.44 bits per heavy atom. The Labute approximate surface area is 156 Å². The second kappa shape index (κ2) is 6.38. The minimum Gasteiger partial charge on any atom is -0.359 e. The molecule has 1 aliphatic carbocycles. The summed E-state index contributed by atoms with van der Waals surface area (Å²) < 4.78 is 0. The average Bonchev–Trinajstić information content (AvgIpc) is 3.13. The molecule has 0 aromatic heterocycles. The van der Waals surface area contributed by atoms with Gasteiger partial charge in [0.05, 0.1) is 4.87 Å². The fourth-order valence-corrected chi connectivity index (χ4v) is 4.07. The molecule has 1 saturated carbocycles. The van der Waals surface area contributed by atoms with Crippen molar-refractivity contribution in [2.75, 3.05) is 5.32 Å². The van der Waals surface area contributed by atoms with E-state index in [-0.39, 0.29) is 16.7 Å². The van der Waals surface area contributed by atoms with Gasteiger partial charge in [0.2, 0.25) is 0 Å². The van der Waals surface area contributed by atoms with Crippen LogP contribution in [0.3, 0.4) is 0 Å². The van der Waals surface area contributed by atoms with Crippen molar-refractivity contribution in [3.63, 3.8) is 0 Å². The lowest BCUT2D eigenvalue weighted by Crippen LogP contribution is -2.05. The molecule has 25 heavy (non-hydrogen) atoms. The first-order valence-corrected chi connectivity index (χ1v) is 9.07. The van der Waals surface area contributed by atoms with Gasteiger partial charge in [-0.1, -0.05) is 49.1 Å². The molecule has 0 amide bonds. The summed E-state index contributed by atoms with van der Waals surface area (Å²) in [6.07, 6.45) is 0. The van der Waals surface area contributed by atoms with E-state index in [9.17, 15) is 0 Å². The van der Waals surface area contributed by atoms with Crippen LogP contribution >= 0.6 is 11.6 Å². The van der Waals surface area contributed by atoms with E-state index in [0.29, 0.717) is 0 Å². The smallest absolute Gasteiger partial charge is 0.0582 e. The Hall–Kier alpha value is -1.99. The van der Waals surface area contributed by atoms with Crippen LogP contribution in [-0.2, 0) is 0 Å². The molecule has 3 unspecified atom stereocenters. The van der Waals surface area contributed by atoms with Crippen LogP contribution in [-0.4, -0.2) is 4.87 Å². The predicted molar refractivity (Wildman–Crippen MR) is 110 cm³/mol. The van der Waals surface area contributed by atoms with Gasteiger partial charge in [-0.3, -0.25) is 0 Å². The number of hydrogen-bond donors (Lipinski definition) is 1. The second-order valence-electron chi connectivity index (χ2n) is 7.46. The molecule has 3 atom stereocenters. The van der Waals surface area contributed by atoms with E-state index < -0.39 is 0 Å². The van der Waals surface area contributed by atoms with E-state index in [1.807, 2.05) is 13.0 Å². The number of halogens is 1. The third-order valence-corrected chi connectivity index (χ3v) is 5.84. The third-order valence-electron chi connectivity index (χ3n) is 5.37. The molecule has 2 heteroatoms. The Bertz CT molecular complexity index is 847. The van der Waals surface area contributed by atoms with Crippen LogP contribution < -0.4 is 5.32 Å². The number of alkyl halides is 1. The SMILES string of the molecule is C=C(C)c1cccc(NC(=C)C2C(c3ccc(C)c(C)c3)C2(C)Cl)c1. The van der Waals surface area contributed by atoms with Crippen LogP contribution in [0.15, 0.2) is 61.3 Å². The number of rotatable bonds is 5. The van der Waals surface area contributed by atoms with Gasteiger partial charge >= 0.3 is 0 Å². The maximum Gasteiger partial charge on any atom is 0.0582 e. The van der Waals surface area contributed by atoms with Crippen LogP contribution in [0, 0.1) is 19.8 Å². The molecular formula is C23H26ClN. The van der Waals surface area contributed by atoms with Gasteiger partial charge < -0.3 is 5.32 Å². The van der Waals surface area contributed by atoms with Crippen molar-refractivity contribution in [1.29, 1.82) is 0 Å². The van der Waals surface area contributed by atoms with Crippen LogP contribution in [0.4, 0.5) is 5.69 Å². The molecule has 0 radical (unpaired) electrons. The third kappa shape index (κ3) is 3.39. The summed E-state index contributed by atoms with van der Waals surface area (Å²) in [7, 11) is 0. The number of nitrogens with one attached hydrogen (secondary N) is 1. The first-order valence-electron chi connectivity index (χ1n) is 8.69. The van der Waals surface area contributed by atoms with E-state index >= 15 is 0 Å². The summed E-state index contributed by atoms with van der Waals surface area (Å²) in [6.45, 7) is 16.7. The molecule has 1 N–H and O–H groups in total. The largest absolute Gasteiger partial charge is 0.359 e. The van der Waals surface area contributed by atoms with Crippen molar-refractivity contribution in [3.05, 3.63) is 83.6 Å². The number of benzene rings is 2. The molecule has 0 bridgehead atoms. The zero-order valence-corrected chi connectivity index (χ0v) is 16.2. The summed E-state index contributed by atoms with van der Waals surface area (Å²) in [5.74, 6) is 0.502. The van der Waals surface area contributed by atoms with Crippen molar-refractivity contribution in [2.24, 2.45) is 5.92 Å². The zero-order chi connectivity index (χ0) is 18.4. The molecule has 0 spiro atoms. The fourth-order valence-electron chi connectivity index (χ4n) is 3.63. The minimum atomic E-state index is -0.294. The number of hydrogen-bond acceptors (Lipinski definition) is 1. The molecule has 2 aromatic carbocycles. The highest BCUT2D eigenvalue weighted by Gasteiger charge is 2.62. The Morgan fingerprint density at radius 2 is 1.80 bits per heavy atom. The first kappa shape index (κ1) is 17.8. The fraction of sp³-hybridized carbons (Fsp3) is 0.304. The van der Waals surface area contributed by atoms with Gasteiger partial charge in [0.25, 0.3) is 0 Å². The highest BCUT2D eigenvalue weighted by Crippen LogP contribution is 2.64. The van der Waals surface area contributed by atoms with Crippen molar-refractivity contribution in [3.8, 4) is 0 Å². The van der Waals surface area contributed by atoms with Crippen molar-refractivity contribution in [1.82, 2.24) is 0 Å². The summed E-state index contributed by atoms with van der Waals surface area (Å²) in [5, 5.41) is 3.46. The molecule has 130 valence electrons. The molecule has 0 saturated heterocycles. The first-order chi connectivity index (χ1) is 11.7. The highest BCUT2D eigenvalue weighted by atomic mass is 35.5. The van der Waals surface area contributed by atoms with Gasteiger partial charge in [0.1, 0.15) is 0 Å². The predicted octanol–water partition coefficient (Wildman–Crippen LogP) is 6.67. The summed E-state index contributed by atoms with van der Waals surface area (Å²) in [4.78, 5) is -0.294. The standard InChI is InChI=1S/C23H26ClN/c1-14(2)18-8-7-9-20(13-18)25-17(5)21-22(23(21,6)24)19-11-10-15(3)16(4)12-19/h7-13,21-22,25H,1,5H2,2-4,6H3. The van der Waals surface area contributed by atoms with E-state index in [1.54, 1.807) is 0 Å².